The monoisotopic (exact) mass is 341 g/mol. The van der Waals surface area contributed by atoms with Crippen LogP contribution in [0.3, 0.4) is 0 Å². The van der Waals surface area contributed by atoms with Gasteiger partial charge in [0.1, 0.15) is 5.69 Å². The number of nitrogens with two attached hydrogens (primary N) is 1. The lowest BCUT2D eigenvalue weighted by Gasteiger charge is -2.11. The number of phenolic OH excluding ortho intramolecular Hbond substituents is 1. The maximum absolute atomic E-state index is 10.8. The van der Waals surface area contributed by atoms with Gasteiger partial charge in [-0.25, -0.2) is 0 Å². The molecule has 0 saturated heterocycles. The molecule has 0 aliphatic heterocycles. The molecule has 3 N–H and O–H groups in total. The first-order chi connectivity index (χ1) is 12.5. The number of hydrogen-bond acceptors (Lipinski definition) is 4. The van der Waals surface area contributed by atoms with Crippen molar-refractivity contribution in [2.75, 3.05) is 5.73 Å². The van der Waals surface area contributed by atoms with E-state index in [0.717, 1.165) is 33.0 Å². The smallest absolute Gasteiger partial charge is 0.153 e. The van der Waals surface area contributed by atoms with E-state index in [1.54, 1.807) is 0 Å². The number of aromatic hydroxyl groups is 1. The number of rotatable bonds is 2. The van der Waals surface area contributed by atoms with E-state index in [-0.39, 0.29) is 5.75 Å². The van der Waals surface area contributed by atoms with E-state index >= 15 is 0 Å². The number of phenols is 1. The van der Waals surface area contributed by atoms with Crippen molar-refractivity contribution in [1.29, 1.82) is 0 Å². The Labute approximate surface area is 151 Å². The fourth-order valence-electron chi connectivity index (χ4n) is 3.36. The van der Waals surface area contributed by atoms with Gasteiger partial charge in [-0.3, -0.25) is 0 Å². The van der Waals surface area contributed by atoms with E-state index in [2.05, 4.69) is 10.2 Å². The molecule has 4 aromatic rings. The van der Waals surface area contributed by atoms with E-state index < -0.39 is 0 Å². The summed E-state index contributed by atoms with van der Waals surface area (Å²) < 4.78 is 0. The molecule has 0 heterocycles. The summed E-state index contributed by atoms with van der Waals surface area (Å²) in [7, 11) is 0. The van der Waals surface area contributed by atoms with Gasteiger partial charge < -0.3 is 10.8 Å². The largest absolute Gasteiger partial charge is 0.505 e. The van der Waals surface area contributed by atoms with Crippen molar-refractivity contribution in [3.8, 4) is 5.75 Å². The molecule has 4 nitrogen and oxygen atoms in total. The van der Waals surface area contributed by atoms with E-state index in [1.165, 1.54) is 0 Å². The van der Waals surface area contributed by atoms with Crippen molar-refractivity contribution in [3.05, 3.63) is 71.8 Å². The highest BCUT2D eigenvalue weighted by Crippen LogP contribution is 2.42. The molecule has 0 fully saturated rings. The molecule has 0 aliphatic rings. The molecule has 0 aromatic heterocycles. The molecule has 4 heteroatoms. The molecule has 0 aliphatic carbocycles. The highest BCUT2D eigenvalue weighted by molar-refractivity contribution is 6.02. The van der Waals surface area contributed by atoms with Crippen molar-refractivity contribution in [3.63, 3.8) is 0 Å². The molecular weight excluding hydrogens is 322 g/mol. The van der Waals surface area contributed by atoms with Crippen LogP contribution >= 0.6 is 0 Å². The molecule has 4 aromatic carbocycles. The Bertz CT molecular complexity index is 1170. The quantitative estimate of drug-likeness (QED) is 0.331. The number of nitrogen functional groups attached to an aromatic ring is 1. The minimum atomic E-state index is 0.0708. The molecule has 128 valence electrons. The van der Waals surface area contributed by atoms with Crippen LogP contribution in [0, 0.1) is 13.8 Å². The minimum Gasteiger partial charge on any atom is -0.505 e. The van der Waals surface area contributed by atoms with Crippen molar-refractivity contribution in [1.82, 2.24) is 0 Å². The third-order valence-corrected chi connectivity index (χ3v) is 4.57. The summed E-state index contributed by atoms with van der Waals surface area (Å²) in [6.07, 6.45) is 0. The van der Waals surface area contributed by atoms with Crippen LogP contribution < -0.4 is 5.73 Å². The first kappa shape index (κ1) is 16.1. The standard InChI is InChI=1S/C22H19N3O/c1-13-10-16-12-14(2)21(22(26)20(16)18(23)11-13)25-24-19-9-5-7-15-6-3-4-8-17(15)19/h3-12,26H,23H2,1-2H3. The molecule has 0 radical (unpaired) electrons. The van der Waals surface area contributed by atoms with Gasteiger partial charge >= 0.3 is 0 Å². The van der Waals surface area contributed by atoms with Gasteiger partial charge in [0, 0.05) is 16.5 Å². The van der Waals surface area contributed by atoms with Crippen LogP contribution in [0.25, 0.3) is 21.5 Å². The molecule has 4 rings (SSSR count). The van der Waals surface area contributed by atoms with Crippen molar-refractivity contribution >= 4 is 38.6 Å². The van der Waals surface area contributed by atoms with Gasteiger partial charge in [-0.1, -0.05) is 42.5 Å². The zero-order valence-corrected chi connectivity index (χ0v) is 14.7. The Balaban J connectivity index is 1.88. The number of hydrogen-bond donors (Lipinski definition) is 2. The molecule has 26 heavy (non-hydrogen) atoms. The zero-order chi connectivity index (χ0) is 18.3. The second-order valence-electron chi connectivity index (χ2n) is 6.54. The number of azo groups is 1. The van der Waals surface area contributed by atoms with Gasteiger partial charge in [0.2, 0.25) is 0 Å². The summed E-state index contributed by atoms with van der Waals surface area (Å²) in [5, 5.41) is 23.2. The normalized spacial score (nSPS) is 11.6. The third-order valence-electron chi connectivity index (χ3n) is 4.57. The summed E-state index contributed by atoms with van der Waals surface area (Å²) in [6.45, 7) is 3.89. The Morgan fingerprint density at radius 3 is 2.46 bits per heavy atom. The summed E-state index contributed by atoms with van der Waals surface area (Å²) in [5.41, 5.74) is 9.78. The van der Waals surface area contributed by atoms with Gasteiger partial charge in [0.25, 0.3) is 0 Å². The topological polar surface area (TPSA) is 71.0 Å². The second-order valence-corrected chi connectivity index (χ2v) is 6.54. The Hall–Kier alpha value is -3.40. The van der Waals surface area contributed by atoms with Crippen LogP contribution in [0.5, 0.6) is 5.75 Å². The van der Waals surface area contributed by atoms with Gasteiger partial charge in [-0.15, -0.1) is 10.2 Å². The number of fused-ring (bicyclic) bond motifs is 2. The second kappa shape index (κ2) is 6.15. The van der Waals surface area contributed by atoms with Crippen LogP contribution in [0.2, 0.25) is 0 Å². The van der Waals surface area contributed by atoms with Crippen molar-refractivity contribution in [2.45, 2.75) is 13.8 Å². The predicted octanol–water partition coefficient (Wildman–Crippen LogP) is 6.31. The maximum atomic E-state index is 10.8. The lowest BCUT2D eigenvalue weighted by Crippen LogP contribution is -1.90. The fourth-order valence-corrected chi connectivity index (χ4v) is 3.36. The van der Waals surface area contributed by atoms with E-state index in [9.17, 15) is 5.11 Å². The van der Waals surface area contributed by atoms with E-state index in [0.29, 0.717) is 16.8 Å². The molecule has 0 atom stereocenters. The summed E-state index contributed by atoms with van der Waals surface area (Å²) in [5.74, 6) is 0.0708. The molecule has 0 unspecified atom stereocenters. The first-order valence-corrected chi connectivity index (χ1v) is 8.46. The summed E-state index contributed by atoms with van der Waals surface area (Å²) in [6, 6.07) is 19.8. The average Bonchev–Trinajstić information content (AvgIpc) is 2.60. The fraction of sp³-hybridized carbons (Fsp3) is 0.0909. The van der Waals surface area contributed by atoms with Gasteiger partial charge in [0.05, 0.1) is 5.69 Å². The van der Waals surface area contributed by atoms with Crippen LogP contribution in [0.15, 0.2) is 70.9 Å². The van der Waals surface area contributed by atoms with E-state index in [4.69, 9.17) is 5.73 Å². The lowest BCUT2D eigenvalue weighted by atomic mass is 10.0. The zero-order valence-electron chi connectivity index (χ0n) is 14.7. The van der Waals surface area contributed by atoms with Crippen LogP contribution in [-0.2, 0) is 0 Å². The van der Waals surface area contributed by atoms with Crippen LogP contribution in [0.4, 0.5) is 17.1 Å². The minimum absolute atomic E-state index is 0.0708. The van der Waals surface area contributed by atoms with Gasteiger partial charge in [-0.05, 0) is 53.9 Å². The molecular formula is C22H19N3O. The predicted molar refractivity (Wildman–Crippen MR) is 108 cm³/mol. The number of benzene rings is 4. The first-order valence-electron chi connectivity index (χ1n) is 8.46. The van der Waals surface area contributed by atoms with Crippen molar-refractivity contribution < 1.29 is 5.11 Å². The SMILES string of the molecule is Cc1cc(N)c2c(O)c(N=Nc3cccc4ccccc34)c(C)cc2c1. The van der Waals surface area contributed by atoms with Gasteiger partial charge in [-0.2, -0.15) is 0 Å². The van der Waals surface area contributed by atoms with E-state index in [1.807, 2.05) is 74.5 Å². The Kier molecular flexibility index (Phi) is 3.81. The van der Waals surface area contributed by atoms with Crippen LogP contribution in [0.1, 0.15) is 11.1 Å². The lowest BCUT2D eigenvalue weighted by molar-refractivity contribution is 0.482. The van der Waals surface area contributed by atoms with Crippen LogP contribution in [-0.4, -0.2) is 5.11 Å². The summed E-state index contributed by atoms with van der Waals surface area (Å²) >= 11 is 0. The Morgan fingerprint density at radius 1 is 0.846 bits per heavy atom. The molecule has 0 bridgehead atoms. The average molecular weight is 341 g/mol. The highest BCUT2D eigenvalue weighted by atomic mass is 16.3. The number of anilines is 1. The maximum Gasteiger partial charge on any atom is 0.153 e. The number of nitrogens with zero attached hydrogens (tertiary/aromatic N) is 2. The van der Waals surface area contributed by atoms with Gasteiger partial charge in [0.15, 0.2) is 5.75 Å². The van der Waals surface area contributed by atoms with Crippen molar-refractivity contribution in [2.24, 2.45) is 10.2 Å². The third kappa shape index (κ3) is 2.65. The molecule has 0 saturated carbocycles. The highest BCUT2D eigenvalue weighted by Gasteiger charge is 2.13. The number of aryl methyl sites for hydroxylation is 2. The molecule has 0 spiro atoms. The molecule has 0 amide bonds. The Morgan fingerprint density at radius 2 is 1.62 bits per heavy atom. The summed E-state index contributed by atoms with van der Waals surface area (Å²) in [4.78, 5) is 0.